The van der Waals surface area contributed by atoms with Crippen LogP contribution in [0.2, 0.25) is 0 Å². The van der Waals surface area contributed by atoms with E-state index in [9.17, 15) is 4.79 Å². The maximum Gasteiger partial charge on any atom is 0.316 e. The summed E-state index contributed by atoms with van der Waals surface area (Å²) in [5, 5.41) is 2.31. The molecular formula is C22H22O2. The molecule has 2 nitrogen and oxygen atoms in total. The molecule has 0 heterocycles. The number of carbonyl (C=O) groups excluding carboxylic acids is 1. The number of esters is 1. The van der Waals surface area contributed by atoms with E-state index in [0.29, 0.717) is 13.0 Å². The summed E-state index contributed by atoms with van der Waals surface area (Å²) < 4.78 is 5.41. The first-order chi connectivity index (χ1) is 11.6. The van der Waals surface area contributed by atoms with Crippen LogP contribution in [0.25, 0.3) is 10.8 Å². The SMILES string of the molecule is CCOC(=O)C(C)(Cc1ccccc1)c1ccc2ccccc2c1. The van der Waals surface area contributed by atoms with E-state index < -0.39 is 5.41 Å². The molecule has 0 radical (unpaired) electrons. The number of hydrogen-bond acceptors (Lipinski definition) is 2. The Hall–Kier alpha value is -2.61. The largest absolute Gasteiger partial charge is 0.465 e. The third-order valence-electron chi connectivity index (χ3n) is 4.51. The van der Waals surface area contributed by atoms with Gasteiger partial charge in [-0.25, -0.2) is 0 Å². The van der Waals surface area contributed by atoms with E-state index in [1.165, 1.54) is 5.39 Å². The molecule has 0 aromatic heterocycles. The third kappa shape index (κ3) is 3.18. The van der Waals surface area contributed by atoms with Crippen LogP contribution in [-0.2, 0) is 21.4 Å². The molecule has 0 spiro atoms. The van der Waals surface area contributed by atoms with Crippen LogP contribution in [0.4, 0.5) is 0 Å². The highest BCUT2D eigenvalue weighted by Gasteiger charge is 2.37. The number of fused-ring (bicyclic) bond motifs is 1. The first-order valence-electron chi connectivity index (χ1n) is 8.34. The Kier molecular flexibility index (Phi) is 4.66. The molecule has 0 saturated carbocycles. The van der Waals surface area contributed by atoms with E-state index in [2.05, 4.69) is 36.4 Å². The highest BCUT2D eigenvalue weighted by atomic mass is 16.5. The normalized spacial score (nSPS) is 13.4. The summed E-state index contributed by atoms with van der Waals surface area (Å²) in [6.45, 7) is 4.21. The number of hydrogen-bond donors (Lipinski definition) is 0. The van der Waals surface area contributed by atoms with Crippen molar-refractivity contribution >= 4 is 16.7 Å². The van der Waals surface area contributed by atoms with Gasteiger partial charge in [-0.3, -0.25) is 4.79 Å². The van der Waals surface area contributed by atoms with Crippen LogP contribution < -0.4 is 0 Å². The molecule has 0 bridgehead atoms. The summed E-state index contributed by atoms with van der Waals surface area (Å²) in [4.78, 5) is 12.8. The first kappa shape index (κ1) is 16.3. The van der Waals surface area contributed by atoms with Crippen LogP contribution in [0, 0.1) is 0 Å². The topological polar surface area (TPSA) is 26.3 Å². The Morgan fingerprint density at radius 1 is 0.917 bits per heavy atom. The highest BCUT2D eigenvalue weighted by Crippen LogP contribution is 2.32. The number of ether oxygens (including phenoxy) is 1. The summed E-state index contributed by atoms with van der Waals surface area (Å²) in [5.41, 5.74) is 1.41. The first-order valence-corrected chi connectivity index (χ1v) is 8.34. The van der Waals surface area contributed by atoms with Crippen LogP contribution in [0.5, 0.6) is 0 Å². The van der Waals surface area contributed by atoms with E-state index in [1.807, 2.05) is 50.2 Å². The molecule has 1 unspecified atom stereocenters. The van der Waals surface area contributed by atoms with E-state index in [1.54, 1.807) is 0 Å². The molecule has 1 atom stereocenters. The van der Waals surface area contributed by atoms with Crippen molar-refractivity contribution in [2.45, 2.75) is 25.7 Å². The van der Waals surface area contributed by atoms with Crippen LogP contribution in [0.3, 0.4) is 0 Å². The zero-order valence-electron chi connectivity index (χ0n) is 14.2. The van der Waals surface area contributed by atoms with Gasteiger partial charge in [-0.05, 0) is 42.2 Å². The molecule has 3 rings (SSSR count). The van der Waals surface area contributed by atoms with E-state index in [-0.39, 0.29) is 5.97 Å². The van der Waals surface area contributed by atoms with Crippen molar-refractivity contribution in [3.63, 3.8) is 0 Å². The Labute approximate surface area is 143 Å². The van der Waals surface area contributed by atoms with Gasteiger partial charge >= 0.3 is 5.97 Å². The minimum Gasteiger partial charge on any atom is -0.465 e. The maximum absolute atomic E-state index is 12.8. The second kappa shape index (κ2) is 6.88. The van der Waals surface area contributed by atoms with E-state index in [0.717, 1.165) is 16.5 Å². The lowest BCUT2D eigenvalue weighted by atomic mass is 9.76. The molecule has 0 saturated heterocycles. The molecule has 0 aliphatic carbocycles. The Morgan fingerprint density at radius 2 is 1.58 bits per heavy atom. The number of rotatable bonds is 5. The summed E-state index contributed by atoms with van der Waals surface area (Å²) in [5.74, 6) is -0.177. The van der Waals surface area contributed by atoms with Crippen molar-refractivity contribution in [2.75, 3.05) is 6.61 Å². The third-order valence-corrected chi connectivity index (χ3v) is 4.51. The van der Waals surface area contributed by atoms with Gasteiger partial charge in [0.2, 0.25) is 0 Å². The second-order valence-corrected chi connectivity index (χ2v) is 6.28. The zero-order chi connectivity index (χ0) is 17.0. The van der Waals surface area contributed by atoms with Gasteiger partial charge in [0.15, 0.2) is 0 Å². The number of carbonyl (C=O) groups is 1. The molecule has 0 amide bonds. The van der Waals surface area contributed by atoms with Crippen LogP contribution in [0.1, 0.15) is 25.0 Å². The summed E-state index contributed by atoms with van der Waals surface area (Å²) >= 11 is 0. The van der Waals surface area contributed by atoms with Gasteiger partial charge in [-0.2, -0.15) is 0 Å². The smallest absolute Gasteiger partial charge is 0.316 e. The maximum atomic E-state index is 12.8. The lowest BCUT2D eigenvalue weighted by Crippen LogP contribution is -2.36. The zero-order valence-corrected chi connectivity index (χ0v) is 14.2. The van der Waals surface area contributed by atoms with Crippen LogP contribution in [0.15, 0.2) is 72.8 Å². The summed E-state index contributed by atoms with van der Waals surface area (Å²) in [6.07, 6.45) is 0.616. The van der Waals surface area contributed by atoms with Crippen LogP contribution >= 0.6 is 0 Å². The van der Waals surface area contributed by atoms with Gasteiger partial charge < -0.3 is 4.74 Å². The highest BCUT2D eigenvalue weighted by molar-refractivity contribution is 5.88. The summed E-state index contributed by atoms with van der Waals surface area (Å²) in [6, 6.07) is 24.5. The molecule has 0 N–H and O–H groups in total. The molecule has 122 valence electrons. The van der Waals surface area contributed by atoms with Crippen molar-refractivity contribution < 1.29 is 9.53 Å². The second-order valence-electron chi connectivity index (χ2n) is 6.28. The Morgan fingerprint density at radius 3 is 2.29 bits per heavy atom. The summed E-state index contributed by atoms with van der Waals surface area (Å²) in [7, 11) is 0. The fourth-order valence-corrected chi connectivity index (χ4v) is 3.12. The van der Waals surface area contributed by atoms with E-state index >= 15 is 0 Å². The minimum atomic E-state index is -0.707. The van der Waals surface area contributed by atoms with Crippen molar-refractivity contribution in [3.8, 4) is 0 Å². The molecule has 24 heavy (non-hydrogen) atoms. The fourth-order valence-electron chi connectivity index (χ4n) is 3.12. The van der Waals surface area contributed by atoms with Gasteiger partial charge in [-0.1, -0.05) is 72.8 Å². The van der Waals surface area contributed by atoms with Crippen molar-refractivity contribution in [2.24, 2.45) is 0 Å². The van der Waals surface area contributed by atoms with Gasteiger partial charge in [-0.15, -0.1) is 0 Å². The van der Waals surface area contributed by atoms with Gasteiger partial charge in [0.05, 0.1) is 12.0 Å². The predicted octanol–water partition coefficient (Wildman–Crippen LogP) is 4.90. The van der Waals surface area contributed by atoms with Crippen molar-refractivity contribution in [3.05, 3.63) is 83.9 Å². The lowest BCUT2D eigenvalue weighted by molar-refractivity contribution is -0.149. The molecular weight excluding hydrogens is 296 g/mol. The van der Waals surface area contributed by atoms with Crippen molar-refractivity contribution in [1.82, 2.24) is 0 Å². The molecule has 0 aliphatic heterocycles. The van der Waals surface area contributed by atoms with Gasteiger partial charge in [0.25, 0.3) is 0 Å². The van der Waals surface area contributed by atoms with Crippen LogP contribution in [-0.4, -0.2) is 12.6 Å². The lowest BCUT2D eigenvalue weighted by Gasteiger charge is -2.28. The quantitative estimate of drug-likeness (QED) is 0.625. The Balaban J connectivity index is 2.06. The van der Waals surface area contributed by atoms with Crippen molar-refractivity contribution in [1.29, 1.82) is 0 Å². The molecule has 2 heteroatoms. The monoisotopic (exact) mass is 318 g/mol. The fraction of sp³-hybridized carbons (Fsp3) is 0.227. The molecule has 3 aromatic rings. The Bertz CT molecular complexity index is 839. The van der Waals surface area contributed by atoms with Gasteiger partial charge in [0, 0.05) is 0 Å². The number of benzene rings is 3. The minimum absolute atomic E-state index is 0.177. The van der Waals surface area contributed by atoms with Gasteiger partial charge in [0.1, 0.15) is 0 Å². The molecule has 3 aromatic carbocycles. The van der Waals surface area contributed by atoms with E-state index in [4.69, 9.17) is 4.74 Å². The molecule has 0 aliphatic rings. The predicted molar refractivity (Wildman–Crippen MR) is 98.1 cm³/mol. The molecule has 0 fully saturated rings. The standard InChI is InChI=1S/C22H22O2/c1-3-24-21(23)22(2,16-17-9-5-4-6-10-17)20-14-13-18-11-7-8-12-19(18)15-20/h4-15H,3,16H2,1-2H3. The average molecular weight is 318 g/mol. The average Bonchev–Trinajstić information content (AvgIpc) is 2.62.